The quantitative estimate of drug-likeness (QED) is 0.582. The molecule has 2 unspecified atom stereocenters. The van der Waals surface area contributed by atoms with Crippen molar-refractivity contribution in [1.82, 2.24) is 10.3 Å². The molecule has 1 fully saturated rings. The molecule has 2 rings (SSSR count). The molecule has 0 spiro atoms. The first-order chi connectivity index (χ1) is 11.4. The van der Waals surface area contributed by atoms with Gasteiger partial charge >= 0.3 is 5.69 Å². The lowest BCUT2D eigenvalue weighted by atomic mass is 9.58. The minimum Gasteiger partial charge on any atom is -0.378 e. The molecule has 1 aromatic rings. The van der Waals surface area contributed by atoms with Gasteiger partial charge in [0.2, 0.25) is 5.82 Å². The van der Waals surface area contributed by atoms with Crippen molar-refractivity contribution in [2.24, 2.45) is 5.41 Å². The monoisotopic (exact) mass is 336 g/mol. The number of nitro groups is 1. The number of nitrogen functional groups attached to an aromatic ring is 1. The highest BCUT2D eigenvalue weighted by Crippen LogP contribution is 2.49. The van der Waals surface area contributed by atoms with Crippen molar-refractivity contribution < 1.29 is 14.5 Å². The predicted molar refractivity (Wildman–Crippen MR) is 89.6 cm³/mol. The smallest absolute Gasteiger partial charge is 0.323 e. The van der Waals surface area contributed by atoms with Crippen LogP contribution in [0.1, 0.15) is 50.4 Å². The molecule has 8 nitrogen and oxygen atoms in total. The highest BCUT2D eigenvalue weighted by atomic mass is 16.6. The van der Waals surface area contributed by atoms with Crippen LogP contribution in [0.2, 0.25) is 0 Å². The van der Waals surface area contributed by atoms with Crippen molar-refractivity contribution in [2.75, 3.05) is 12.3 Å². The molecular formula is C16H24N4O4. The number of nitrogens with zero attached hydrogens (tertiary/aromatic N) is 2. The van der Waals surface area contributed by atoms with Crippen molar-refractivity contribution >= 4 is 17.4 Å². The summed E-state index contributed by atoms with van der Waals surface area (Å²) >= 11 is 0. The Morgan fingerprint density at radius 2 is 2.17 bits per heavy atom. The van der Waals surface area contributed by atoms with Crippen LogP contribution in [-0.4, -0.2) is 34.6 Å². The third-order valence-electron chi connectivity index (χ3n) is 5.15. The summed E-state index contributed by atoms with van der Waals surface area (Å²) in [7, 11) is 0. The van der Waals surface area contributed by atoms with Gasteiger partial charge in [0.05, 0.1) is 11.0 Å². The van der Waals surface area contributed by atoms with Crippen molar-refractivity contribution in [3.8, 4) is 0 Å². The number of rotatable bonds is 7. The summed E-state index contributed by atoms with van der Waals surface area (Å²) in [6, 6.07) is 1.24. The fraction of sp³-hybridized carbons (Fsp3) is 0.625. The number of carbonyl (C=O) groups is 1. The number of nitrogens with two attached hydrogens (primary N) is 1. The zero-order valence-corrected chi connectivity index (χ0v) is 14.2. The predicted octanol–water partition coefficient (Wildman–Crippen LogP) is 2.29. The Bertz CT molecular complexity index is 631. The summed E-state index contributed by atoms with van der Waals surface area (Å²) in [6.07, 6.45) is 3.82. The molecule has 0 aromatic carbocycles. The number of amides is 1. The molecule has 0 radical (unpaired) electrons. The second kappa shape index (κ2) is 7.12. The number of anilines is 1. The zero-order chi connectivity index (χ0) is 17.9. The molecule has 0 saturated heterocycles. The summed E-state index contributed by atoms with van der Waals surface area (Å²) in [5, 5.41) is 14.1. The third kappa shape index (κ3) is 2.93. The first-order valence-electron chi connectivity index (χ1n) is 8.22. The van der Waals surface area contributed by atoms with Gasteiger partial charge in [0, 0.05) is 24.3 Å². The molecule has 1 aliphatic carbocycles. The van der Waals surface area contributed by atoms with Crippen LogP contribution in [0.4, 0.5) is 11.5 Å². The molecule has 1 saturated carbocycles. The van der Waals surface area contributed by atoms with Gasteiger partial charge in [-0.25, -0.2) is 4.98 Å². The van der Waals surface area contributed by atoms with Gasteiger partial charge in [0.1, 0.15) is 5.56 Å². The van der Waals surface area contributed by atoms with E-state index in [2.05, 4.69) is 24.1 Å². The van der Waals surface area contributed by atoms with Crippen LogP contribution in [0.15, 0.2) is 12.3 Å². The molecule has 1 amide bonds. The second-order valence-electron chi connectivity index (χ2n) is 6.00. The van der Waals surface area contributed by atoms with Crippen LogP contribution in [0, 0.1) is 15.5 Å². The topological polar surface area (TPSA) is 120 Å². The highest BCUT2D eigenvalue weighted by molar-refractivity contribution is 5.99. The van der Waals surface area contributed by atoms with Gasteiger partial charge in [-0.2, -0.15) is 0 Å². The molecule has 2 atom stereocenters. The van der Waals surface area contributed by atoms with Gasteiger partial charge in [-0.05, 0) is 32.3 Å². The van der Waals surface area contributed by atoms with E-state index in [-0.39, 0.29) is 28.9 Å². The average molecular weight is 336 g/mol. The van der Waals surface area contributed by atoms with E-state index in [1.165, 1.54) is 12.3 Å². The molecule has 24 heavy (non-hydrogen) atoms. The van der Waals surface area contributed by atoms with Gasteiger partial charge in [-0.1, -0.05) is 13.8 Å². The van der Waals surface area contributed by atoms with Crippen molar-refractivity contribution in [1.29, 1.82) is 0 Å². The largest absolute Gasteiger partial charge is 0.378 e. The molecule has 1 heterocycles. The third-order valence-corrected chi connectivity index (χ3v) is 5.15. The first kappa shape index (κ1) is 18.1. The Morgan fingerprint density at radius 1 is 1.50 bits per heavy atom. The Hall–Kier alpha value is -2.22. The minimum atomic E-state index is -0.673. The average Bonchev–Trinajstić information content (AvgIpc) is 2.54. The van der Waals surface area contributed by atoms with Crippen LogP contribution < -0.4 is 11.1 Å². The highest BCUT2D eigenvalue weighted by Gasteiger charge is 2.54. The van der Waals surface area contributed by atoms with E-state index in [0.717, 1.165) is 12.8 Å². The van der Waals surface area contributed by atoms with Crippen molar-refractivity contribution in [3.63, 3.8) is 0 Å². The van der Waals surface area contributed by atoms with E-state index in [1.54, 1.807) is 0 Å². The fourth-order valence-electron chi connectivity index (χ4n) is 3.66. The number of nitrogens with one attached hydrogen (secondary N) is 1. The number of hydrogen-bond acceptors (Lipinski definition) is 6. The Kier molecular flexibility index (Phi) is 5.38. The van der Waals surface area contributed by atoms with Crippen LogP contribution >= 0.6 is 0 Å². The molecule has 3 N–H and O–H groups in total. The summed E-state index contributed by atoms with van der Waals surface area (Å²) in [6.45, 7) is 6.71. The SMILES string of the molecule is CCOC1CC(NC(=O)c2ccnc(N)c2[N+](=O)[O-])C1(CC)CC. The number of hydrogen-bond donors (Lipinski definition) is 2. The van der Waals surface area contributed by atoms with E-state index in [4.69, 9.17) is 10.5 Å². The van der Waals surface area contributed by atoms with Gasteiger partial charge in [-0.15, -0.1) is 0 Å². The number of ether oxygens (including phenoxy) is 1. The van der Waals surface area contributed by atoms with E-state index < -0.39 is 16.5 Å². The van der Waals surface area contributed by atoms with E-state index in [9.17, 15) is 14.9 Å². The van der Waals surface area contributed by atoms with Gasteiger partial charge < -0.3 is 15.8 Å². The lowest BCUT2D eigenvalue weighted by molar-refractivity contribution is -0.384. The first-order valence-corrected chi connectivity index (χ1v) is 8.22. The molecular weight excluding hydrogens is 312 g/mol. The second-order valence-corrected chi connectivity index (χ2v) is 6.00. The molecule has 0 aliphatic heterocycles. The minimum absolute atomic E-state index is 0.0616. The molecule has 132 valence electrons. The lowest BCUT2D eigenvalue weighted by Gasteiger charge is -2.55. The summed E-state index contributed by atoms with van der Waals surface area (Å²) in [4.78, 5) is 26.8. The Labute approximate surface area is 140 Å². The zero-order valence-electron chi connectivity index (χ0n) is 14.2. The van der Waals surface area contributed by atoms with Crippen LogP contribution in [0.25, 0.3) is 0 Å². The van der Waals surface area contributed by atoms with Crippen LogP contribution in [0.5, 0.6) is 0 Å². The van der Waals surface area contributed by atoms with E-state index in [0.29, 0.717) is 13.0 Å². The van der Waals surface area contributed by atoms with Crippen LogP contribution in [0.3, 0.4) is 0 Å². The van der Waals surface area contributed by atoms with E-state index >= 15 is 0 Å². The van der Waals surface area contributed by atoms with Crippen molar-refractivity contribution in [3.05, 3.63) is 27.9 Å². The molecule has 8 heteroatoms. The summed E-state index contributed by atoms with van der Waals surface area (Å²) in [5.41, 5.74) is 4.90. The van der Waals surface area contributed by atoms with Gasteiger partial charge in [-0.3, -0.25) is 14.9 Å². The number of pyridine rings is 1. The van der Waals surface area contributed by atoms with Crippen molar-refractivity contribution in [2.45, 2.75) is 52.2 Å². The Balaban J connectivity index is 2.22. The standard InChI is InChI=1S/C16H24N4O4/c1-4-16(5-2)11(9-12(16)24-6-3)19-15(21)10-7-8-18-14(17)13(10)20(22)23/h7-8,11-12H,4-6,9H2,1-3H3,(H2,17,18)(H,19,21). The molecule has 1 aromatic heterocycles. The summed E-state index contributed by atoms with van der Waals surface area (Å²) in [5.74, 6) is -0.757. The maximum Gasteiger partial charge on any atom is 0.323 e. The fourth-order valence-corrected chi connectivity index (χ4v) is 3.66. The Morgan fingerprint density at radius 3 is 2.71 bits per heavy atom. The van der Waals surface area contributed by atoms with Gasteiger partial charge in [0.25, 0.3) is 5.91 Å². The maximum absolute atomic E-state index is 12.6. The lowest BCUT2D eigenvalue weighted by Crippen LogP contribution is -2.64. The van der Waals surface area contributed by atoms with Gasteiger partial charge in [0.15, 0.2) is 0 Å². The van der Waals surface area contributed by atoms with Crippen LogP contribution in [-0.2, 0) is 4.74 Å². The number of aromatic nitrogens is 1. The molecule has 0 bridgehead atoms. The summed E-state index contributed by atoms with van der Waals surface area (Å²) < 4.78 is 5.78. The maximum atomic E-state index is 12.6. The number of carbonyl (C=O) groups excluding carboxylic acids is 1. The molecule has 1 aliphatic rings. The normalized spacial score (nSPS) is 21.8. The van der Waals surface area contributed by atoms with E-state index in [1.807, 2.05) is 6.92 Å².